The maximum atomic E-state index is 13.1. The van der Waals surface area contributed by atoms with Gasteiger partial charge >= 0.3 is 0 Å². The van der Waals surface area contributed by atoms with Gasteiger partial charge in [0.25, 0.3) is 11.5 Å². The van der Waals surface area contributed by atoms with Crippen molar-refractivity contribution in [3.63, 3.8) is 0 Å². The van der Waals surface area contributed by atoms with Crippen LogP contribution in [0.2, 0.25) is 0 Å². The molecule has 1 saturated heterocycles. The molecule has 158 valence electrons. The van der Waals surface area contributed by atoms with Crippen molar-refractivity contribution in [2.75, 3.05) is 37.7 Å². The minimum absolute atomic E-state index is 0.0697. The Morgan fingerprint density at radius 2 is 1.68 bits per heavy atom. The third-order valence-corrected chi connectivity index (χ3v) is 6.03. The molecule has 2 amide bonds. The summed E-state index contributed by atoms with van der Waals surface area (Å²) in [5, 5.41) is 0.674. The van der Waals surface area contributed by atoms with E-state index in [1.807, 2.05) is 42.5 Å². The largest absolute Gasteiger partial charge is 0.378 e. The second-order valence-corrected chi connectivity index (χ2v) is 7.83. The first-order valence-corrected chi connectivity index (χ1v) is 10.5. The van der Waals surface area contributed by atoms with Gasteiger partial charge < -0.3 is 14.5 Å². The Kier molecular flexibility index (Phi) is 5.03. The fourth-order valence-corrected chi connectivity index (χ4v) is 4.43. The van der Waals surface area contributed by atoms with Gasteiger partial charge in [0, 0.05) is 36.8 Å². The number of anilines is 1. The van der Waals surface area contributed by atoms with E-state index in [2.05, 4.69) is 0 Å². The molecule has 0 aliphatic carbocycles. The lowest BCUT2D eigenvalue weighted by atomic mass is 10.1. The van der Waals surface area contributed by atoms with Gasteiger partial charge in [-0.1, -0.05) is 36.4 Å². The Bertz CT molecular complexity index is 1230. The normalized spacial score (nSPS) is 15.9. The van der Waals surface area contributed by atoms with Gasteiger partial charge in [-0.3, -0.25) is 19.0 Å². The van der Waals surface area contributed by atoms with Crippen LogP contribution in [0.15, 0.2) is 59.4 Å². The van der Waals surface area contributed by atoms with E-state index in [4.69, 9.17) is 4.74 Å². The predicted molar refractivity (Wildman–Crippen MR) is 117 cm³/mol. The van der Waals surface area contributed by atoms with E-state index in [9.17, 15) is 14.4 Å². The Morgan fingerprint density at radius 3 is 2.52 bits per heavy atom. The van der Waals surface area contributed by atoms with Crippen LogP contribution in [0, 0.1) is 0 Å². The van der Waals surface area contributed by atoms with Gasteiger partial charge in [0.2, 0.25) is 5.91 Å². The monoisotopic (exact) mass is 417 g/mol. The van der Waals surface area contributed by atoms with Gasteiger partial charge in [0.05, 0.1) is 24.3 Å². The van der Waals surface area contributed by atoms with Crippen molar-refractivity contribution in [2.24, 2.45) is 0 Å². The number of aromatic nitrogens is 1. The molecule has 2 aliphatic rings. The number of morpholine rings is 1. The number of carbonyl (C=O) groups is 2. The molecule has 0 bridgehead atoms. The molecular formula is C24H23N3O4. The van der Waals surface area contributed by atoms with Gasteiger partial charge in [-0.05, 0) is 24.1 Å². The van der Waals surface area contributed by atoms with Crippen molar-refractivity contribution >= 4 is 28.4 Å². The van der Waals surface area contributed by atoms with Gasteiger partial charge in [0.1, 0.15) is 6.54 Å². The summed E-state index contributed by atoms with van der Waals surface area (Å²) in [5.74, 6) is -0.312. The number of pyridine rings is 1. The van der Waals surface area contributed by atoms with Crippen molar-refractivity contribution in [2.45, 2.75) is 13.0 Å². The van der Waals surface area contributed by atoms with E-state index in [-0.39, 0.29) is 23.9 Å². The van der Waals surface area contributed by atoms with Crippen LogP contribution in [0.25, 0.3) is 10.9 Å². The SMILES string of the molecule is O=C(c1cc(=O)n(CC(=O)N2CCc3ccccc32)c2ccccc12)N1CCOCC1. The maximum absolute atomic E-state index is 13.1. The van der Waals surface area contributed by atoms with E-state index in [1.54, 1.807) is 15.9 Å². The first kappa shape index (κ1) is 19.5. The molecule has 3 heterocycles. The Morgan fingerprint density at radius 1 is 0.935 bits per heavy atom. The van der Waals surface area contributed by atoms with Gasteiger partial charge in [-0.25, -0.2) is 0 Å². The maximum Gasteiger partial charge on any atom is 0.254 e. The number of nitrogens with zero attached hydrogens (tertiary/aromatic N) is 3. The molecule has 0 radical (unpaired) electrons. The molecule has 1 aromatic heterocycles. The molecule has 0 atom stereocenters. The Balaban J connectivity index is 1.50. The van der Waals surface area contributed by atoms with Crippen LogP contribution in [-0.4, -0.2) is 54.1 Å². The fourth-order valence-electron chi connectivity index (χ4n) is 4.43. The summed E-state index contributed by atoms with van der Waals surface area (Å²) < 4.78 is 6.80. The third-order valence-electron chi connectivity index (χ3n) is 6.03. The van der Waals surface area contributed by atoms with E-state index in [1.165, 1.54) is 10.6 Å². The van der Waals surface area contributed by atoms with E-state index < -0.39 is 0 Å². The first-order valence-electron chi connectivity index (χ1n) is 10.5. The highest BCUT2D eigenvalue weighted by atomic mass is 16.5. The summed E-state index contributed by atoms with van der Waals surface area (Å²) in [4.78, 5) is 42.7. The number of fused-ring (bicyclic) bond motifs is 2. The van der Waals surface area contributed by atoms with Crippen molar-refractivity contribution < 1.29 is 14.3 Å². The van der Waals surface area contributed by atoms with Gasteiger partial charge in [-0.15, -0.1) is 0 Å². The zero-order valence-corrected chi connectivity index (χ0v) is 17.1. The second-order valence-electron chi connectivity index (χ2n) is 7.83. The third kappa shape index (κ3) is 3.51. The highest BCUT2D eigenvalue weighted by Gasteiger charge is 2.26. The zero-order chi connectivity index (χ0) is 21.4. The molecule has 7 heteroatoms. The molecule has 2 aromatic carbocycles. The van der Waals surface area contributed by atoms with Crippen LogP contribution < -0.4 is 10.5 Å². The van der Waals surface area contributed by atoms with Crippen molar-refractivity contribution in [3.05, 3.63) is 76.1 Å². The van der Waals surface area contributed by atoms with Crippen LogP contribution in [-0.2, 0) is 22.5 Å². The fraction of sp³-hybridized carbons (Fsp3) is 0.292. The summed E-state index contributed by atoms with van der Waals surface area (Å²) in [7, 11) is 0. The smallest absolute Gasteiger partial charge is 0.254 e. The summed E-state index contributed by atoms with van der Waals surface area (Å²) in [6, 6.07) is 16.5. The molecule has 3 aromatic rings. The lowest BCUT2D eigenvalue weighted by molar-refractivity contribution is -0.119. The Hall–Kier alpha value is -3.45. The number of rotatable bonds is 3. The Labute approximate surface area is 179 Å². The molecular weight excluding hydrogens is 394 g/mol. The van der Waals surface area contributed by atoms with Gasteiger partial charge in [0.15, 0.2) is 0 Å². The lowest BCUT2D eigenvalue weighted by Crippen LogP contribution is -2.41. The number of amides is 2. The van der Waals surface area contributed by atoms with Crippen molar-refractivity contribution in [3.8, 4) is 0 Å². The molecule has 0 unspecified atom stereocenters. The average molecular weight is 417 g/mol. The molecule has 7 nitrogen and oxygen atoms in total. The summed E-state index contributed by atoms with van der Waals surface area (Å²) in [6.07, 6.45) is 0.810. The molecule has 5 rings (SSSR count). The lowest BCUT2D eigenvalue weighted by Gasteiger charge is -2.27. The number of ether oxygens (including phenoxy) is 1. The zero-order valence-electron chi connectivity index (χ0n) is 17.1. The van der Waals surface area contributed by atoms with Crippen molar-refractivity contribution in [1.82, 2.24) is 9.47 Å². The molecule has 0 N–H and O–H groups in total. The number of carbonyl (C=O) groups excluding carboxylic acids is 2. The van der Waals surface area contributed by atoms with Crippen LogP contribution in [0.4, 0.5) is 5.69 Å². The molecule has 2 aliphatic heterocycles. The van der Waals surface area contributed by atoms with Gasteiger partial charge in [-0.2, -0.15) is 0 Å². The average Bonchev–Trinajstić information content (AvgIpc) is 3.25. The number of hydrogen-bond acceptors (Lipinski definition) is 4. The van der Waals surface area contributed by atoms with E-state index in [0.29, 0.717) is 49.3 Å². The van der Waals surface area contributed by atoms with Crippen LogP contribution in [0.5, 0.6) is 0 Å². The molecule has 0 saturated carbocycles. The van der Waals surface area contributed by atoms with Crippen LogP contribution >= 0.6 is 0 Å². The second kappa shape index (κ2) is 8.00. The summed E-state index contributed by atoms with van der Waals surface area (Å²) in [6.45, 7) is 2.53. The minimum Gasteiger partial charge on any atom is -0.378 e. The standard InChI is InChI=1S/C24H23N3O4/c28-22-15-19(24(30)25-11-13-31-14-12-25)18-6-2-4-8-21(18)27(22)16-23(29)26-10-9-17-5-1-3-7-20(17)26/h1-8,15H,9-14,16H2. The van der Waals surface area contributed by atoms with E-state index in [0.717, 1.165) is 17.7 Å². The molecule has 31 heavy (non-hydrogen) atoms. The minimum atomic E-state index is -0.351. The summed E-state index contributed by atoms with van der Waals surface area (Å²) >= 11 is 0. The van der Waals surface area contributed by atoms with Crippen LogP contribution in [0.3, 0.4) is 0 Å². The summed E-state index contributed by atoms with van der Waals surface area (Å²) in [5.41, 5.74) is 2.66. The number of benzene rings is 2. The molecule has 1 fully saturated rings. The highest BCUT2D eigenvalue weighted by molar-refractivity contribution is 6.06. The van der Waals surface area contributed by atoms with E-state index >= 15 is 0 Å². The number of hydrogen-bond donors (Lipinski definition) is 0. The number of para-hydroxylation sites is 2. The molecule has 0 spiro atoms. The predicted octanol–water partition coefficient (Wildman–Crippen LogP) is 2.06. The highest BCUT2D eigenvalue weighted by Crippen LogP contribution is 2.28. The first-order chi connectivity index (χ1) is 15.1. The topological polar surface area (TPSA) is 71.9 Å². The quantitative estimate of drug-likeness (QED) is 0.654. The van der Waals surface area contributed by atoms with Crippen molar-refractivity contribution in [1.29, 1.82) is 0 Å². The van der Waals surface area contributed by atoms with Crippen LogP contribution in [0.1, 0.15) is 15.9 Å².